The number of hydrogen-bond donors (Lipinski definition) is 1. The van der Waals surface area contributed by atoms with E-state index in [2.05, 4.69) is 4.74 Å². The van der Waals surface area contributed by atoms with Gasteiger partial charge >= 0.3 is 12.1 Å². The van der Waals surface area contributed by atoms with E-state index in [0.717, 1.165) is 11.1 Å². The maximum atomic E-state index is 11.9. The van der Waals surface area contributed by atoms with Crippen molar-refractivity contribution >= 4 is 18.0 Å². The summed E-state index contributed by atoms with van der Waals surface area (Å²) in [5, 5.41) is 1.94. The highest BCUT2D eigenvalue weighted by molar-refractivity contribution is 5.95. The first-order chi connectivity index (χ1) is 11.6. The molecule has 2 aromatic carbocycles. The van der Waals surface area contributed by atoms with E-state index in [1.165, 1.54) is 0 Å². The lowest BCUT2D eigenvalue weighted by atomic mass is 10.0. The number of esters is 1. The number of hydrogen-bond acceptors (Lipinski definition) is 5. The Balaban J connectivity index is 1.89. The zero-order valence-corrected chi connectivity index (χ0v) is 13.2. The fourth-order valence-electron chi connectivity index (χ4n) is 1.96. The van der Waals surface area contributed by atoms with Gasteiger partial charge in [-0.3, -0.25) is 10.1 Å². The van der Waals surface area contributed by atoms with Gasteiger partial charge in [0.05, 0.1) is 12.2 Å². The molecule has 24 heavy (non-hydrogen) atoms. The van der Waals surface area contributed by atoms with Crippen LogP contribution in [-0.4, -0.2) is 31.2 Å². The van der Waals surface area contributed by atoms with Crippen LogP contribution in [0.3, 0.4) is 0 Å². The lowest BCUT2D eigenvalue weighted by molar-refractivity contribution is -0.123. The van der Waals surface area contributed by atoms with E-state index in [9.17, 15) is 14.4 Å². The van der Waals surface area contributed by atoms with Gasteiger partial charge in [0, 0.05) is 0 Å². The minimum absolute atomic E-state index is 0.146. The first-order valence-electron chi connectivity index (χ1n) is 7.39. The van der Waals surface area contributed by atoms with Crippen LogP contribution in [-0.2, 0) is 14.3 Å². The van der Waals surface area contributed by atoms with Gasteiger partial charge in [0.15, 0.2) is 6.61 Å². The molecule has 0 fully saturated rings. The van der Waals surface area contributed by atoms with Crippen LogP contribution in [0.25, 0.3) is 11.1 Å². The second-order valence-electron chi connectivity index (χ2n) is 4.79. The maximum Gasteiger partial charge on any atom is 0.413 e. The van der Waals surface area contributed by atoms with Crippen molar-refractivity contribution < 1.29 is 23.9 Å². The van der Waals surface area contributed by atoms with Crippen molar-refractivity contribution in [1.82, 2.24) is 5.32 Å². The average Bonchev–Trinajstić information content (AvgIpc) is 2.61. The molecule has 1 N–H and O–H groups in total. The summed E-state index contributed by atoms with van der Waals surface area (Å²) in [5.74, 6) is -1.39. The number of benzene rings is 2. The molecule has 124 valence electrons. The Kier molecular flexibility index (Phi) is 6.08. The van der Waals surface area contributed by atoms with Crippen LogP contribution in [0.15, 0.2) is 54.6 Å². The summed E-state index contributed by atoms with van der Waals surface area (Å²) in [6.07, 6.45) is -0.870. The monoisotopic (exact) mass is 327 g/mol. The third-order valence-electron chi connectivity index (χ3n) is 3.08. The number of ether oxygens (including phenoxy) is 2. The Morgan fingerprint density at radius 1 is 0.875 bits per heavy atom. The standard InChI is InChI=1S/C18H17NO5/c1-2-23-18(22)19-16(20)12-24-17(21)15-10-8-14(9-11-15)13-6-4-3-5-7-13/h3-11H,2,12H2,1H3,(H,19,20,22). The SMILES string of the molecule is CCOC(=O)NC(=O)COC(=O)c1ccc(-c2ccccc2)cc1. The molecule has 0 spiro atoms. The van der Waals surface area contributed by atoms with Gasteiger partial charge in [-0.05, 0) is 30.2 Å². The van der Waals surface area contributed by atoms with Gasteiger partial charge in [-0.15, -0.1) is 0 Å². The quantitative estimate of drug-likeness (QED) is 0.854. The first-order valence-corrected chi connectivity index (χ1v) is 7.39. The van der Waals surface area contributed by atoms with Crippen LogP contribution in [0.2, 0.25) is 0 Å². The molecule has 0 aliphatic carbocycles. The molecule has 0 bridgehead atoms. The van der Waals surface area contributed by atoms with Crippen molar-refractivity contribution in [3.8, 4) is 11.1 Å². The molecule has 0 saturated carbocycles. The lowest BCUT2D eigenvalue weighted by Crippen LogP contribution is -2.34. The number of rotatable bonds is 5. The largest absolute Gasteiger partial charge is 0.452 e. The molecular formula is C18H17NO5. The molecule has 6 heteroatoms. The van der Waals surface area contributed by atoms with Crippen LogP contribution >= 0.6 is 0 Å². The zero-order chi connectivity index (χ0) is 17.4. The Bertz CT molecular complexity index is 710. The normalized spacial score (nSPS) is 9.88. The molecule has 2 amide bonds. The molecule has 0 radical (unpaired) electrons. The van der Waals surface area contributed by atoms with Crippen LogP contribution in [0, 0.1) is 0 Å². The maximum absolute atomic E-state index is 11.9. The number of alkyl carbamates (subject to hydrolysis) is 1. The molecule has 0 heterocycles. The van der Waals surface area contributed by atoms with Gasteiger partial charge in [0.1, 0.15) is 0 Å². The fraction of sp³-hybridized carbons (Fsp3) is 0.167. The minimum Gasteiger partial charge on any atom is -0.452 e. The Morgan fingerprint density at radius 3 is 2.12 bits per heavy atom. The molecule has 0 aliphatic rings. The van der Waals surface area contributed by atoms with Crippen LogP contribution in [0.4, 0.5) is 4.79 Å². The third-order valence-corrected chi connectivity index (χ3v) is 3.08. The van der Waals surface area contributed by atoms with E-state index in [4.69, 9.17) is 4.74 Å². The fourth-order valence-corrected chi connectivity index (χ4v) is 1.96. The predicted octanol–water partition coefficient (Wildman–Crippen LogP) is 2.78. The van der Waals surface area contributed by atoms with Crippen LogP contribution in [0.1, 0.15) is 17.3 Å². The van der Waals surface area contributed by atoms with E-state index in [1.54, 1.807) is 31.2 Å². The molecule has 0 saturated heterocycles. The van der Waals surface area contributed by atoms with Crippen LogP contribution in [0.5, 0.6) is 0 Å². The highest BCUT2D eigenvalue weighted by Gasteiger charge is 2.13. The van der Waals surface area contributed by atoms with Gasteiger partial charge in [-0.25, -0.2) is 9.59 Å². The van der Waals surface area contributed by atoms with E-state index in [-0.39, 0.29) is 6.61 Å². The summed E-state index contributed by atoms with van der Waals surface area (Å²) < 4.78 is 9.40. The summed E-state index contributed by atoms with van der Waals surface area (Å²) >= 11 is 0. The third kappa shape index (κ3) is 4.95. The minimum atomic E-state index is -0.870. The predicted molar refractivity (Wildman–Crippen MR) is 87.3 cm³/mol. The van der Waals surface area contributed by atoms with Crippen molar-refractivity contribution in [1.29, 1.82) is 0 Å². The molecule has 0 aromatic heterocycles. The summed E-state index contributed by atoms with van der Waals surface area (Å²) in [7, 11) is 0. The zero-order valence-electron chi connectivity index (χ0n) is 13.2. The van der Waals surface area contributed by atoms with Gasteiger partial charge in [0.25, 0.3) is 5.91 Å². The van der Waals surface area contributed by atoms with E-state index in [1.807, 2.05) is 35.6 Å². The Morgan fingerprint density at radius 2 is 1.50 bits per heavy atom. The van der Waals surface area contributed by atoms with Gasteiger partial charge in [-0.2, -0.15) is 0 Å². The summed E-state index contributed by atoms with van der Waals surface area (Å²) in [5.41, 5.74) is 2.32. The molecule has 0 unspecified atom stereocenters. The number of imide groups is 1. The summed E-state index contributed by atoms with van der Waals surface area (Å²) in [4.78, 5) is 34.3. The molecule has 0 aliphatic heterocycles. The van der Waals surface area contributed by atoms with Gasteiger partial charge < -0.3 is 9.47 Å². The summed E-state index contributed by atoms with van der Waals surface area (Å²) in [6, 6.07) is 16.5. The van der Waals surface area contributed by atoms with Gasteiger partial charge in [-0.1, -0.05) is 42.5 Å². The topological polar surface area (TPSA) is 81.7 Å². The average molecular weight is 327 g/mol. The van der Waals surface area contributed by atoms with Crippen molar-refractivity contribution in [3.05, 3.63) is 60.2 Å². The van der Waals surface area contributed by atoms with Crippen molar-refractivity contribution in [2.75, 3.05) is 13.2 Å². The lowest BCUT2D eigenvalue weighted by Gasteiger charge is -2.06. The number of amides is 2. The number of carbonyl (C=O) groups is 3. The number of nitrogens with one attached hydrogen (secondary N) is 1. The first kappa shape index (κ1) is 17.2. The molecule has 2 rings (SSSR count). The highest BCUT2D eigenvalue weighted by Crippen LogP contribution is 2.19. The molecule has 0 atom stereocenters. The second kappa shape index (κ2) is 8.47. The molecular weight excluding hydrogens is 310 g/mol. The Labute approximate surface area is 139 Å². The van der Waals surface area contributed by atoms with E-state index < -0.39 is 24.6 Å². The van der Waals surface area contributed by atoms with E-state index >= 15 is 0 Å². The van der Waals surface area contributed by atoms with Crippen molar-refractivity contribution in [2.45, 2.75) is 6.92 Å². The Hall–Kier alpha value is -3.15. The summed E-state index contributed by atoms with van der Waals surface area (Å²) in [6.45, 7) is 1.20. The van der Waals surface area contributed by atoms with Crippen molar-refractivity contribution in [2.24, 2.45) is 0 Å². The molecule has 2 aromatic rings. The van der Waals surface area contributed by atoms with Crippen LogP contribution < -0.4 is 5.32 Å². The smallest absolute Gasteiger partial charge is 0.413 e. The molecule has 6 nitrogen and oxygen atoms in total. The van der Waals surface area contributed by atoms with E-state index in [0.29, 0.717) is 5.56 Å². The van der Waals surface area contributed by atoms with Gasteiger partial charge in [0.2, 0.25) is 0 Å². The second-order valence-corrected chi connectivity index (χ2v) is 4.79. The van der Waals surface area contributed by atoms with Crippen molar-refractivity contribution in [3.63, 3.8) is 0 Å². The highest BCUT2D eigenvalue weighted by atomic mass is 16.6. The number of carbonyl (C=O) groups excluding carboxylic acids is 3.